The number of halogens is 2. The predicted octanol–water partition coefficient (Wildman–Crippen LogP) is 1.84. The lowest BCUT2D eigenvalue weighted by atomic mass is 10.2. The monoisotopic (exact) mass is 436 g/mol. The summed E-state index contributed by atoms with van der Waals surface area (Å²) in [5.74, 6) is -1.10. The number of methoxy groups -OCH3 is 1. The highest BCUT2D eigenvalue weighted by Gasteiger charge is 2.49. The SMILES string of the molecule is COCC(=O)N=C1S[C@@H]2CS(=O)(=O)C[C@H]2N1c1ccc(Br)cc1F. The molecule has 0 aliphatic carbocycles. The standard InChI is InChI=1S/C14H14BrFN2O4S2/c1-22-5-13(19)17-14-18(10-3-2-8(15)4-9(10)16)11-6-24(20,21)7-12(11)23-14/h2-4,11-12H,5-7H2,1H3/t11-,12-/m1/s1. The zero-order valence-electron chi connectivity index (χ0n) is 12.6. The van der Waals surface area contributed by atoms with Crippen molar-refractivity contribution in [2.75, 3.05) is 30.1 Å². The Bertz CT molecular complexity index is 815. The second kappa shape index (κ2) is 6.74. The summed E-state index contributed by atoms with van der Waals surface area (Å²) < 4.78 is 43.6. The highest BCUT2D eigenvalue weighted by Crippen LogP contribution is 2.42. The molecule has 10 heteroatoms. The molecule has 2 saturated heterocycles. The number of amides is 1. The van der Waals surface area contributed by atoms with Gasteiger partial charge in [-0.2, -0.15) is 4.99 Å². The fourth-order valence-electron chi connectivity index (χ4n) is 2.79. The summed E-state index contributed by atoms with van der Waals surface area (Å²) in [6.45, 7) is -0.186. The van der Waals surface area contributed by atoms with E-state index in [2.05, 4.69) is 20.9 Å². The van der Waals surface area contributed by atoms with Crippen LogP contribution in [-0.2, 0) is 19.4 Å². The molecule has 0 N–H and O–H groups in total. The van der Waals surface area contributed by atoms with Crippen LogP contribution in [0.1, 0.15) is 0 Å². The lowest BCUT2D eigenvalue weighted by Crippen LogP contribution is -2.38. The summed E-state index contributed by atoms with van der Waals surface area (Å²) in [6.07, 6.45) is 0. The van der Waals surface area contributed by atoms with Crippen LogP contribution in [0.3, 0.4) is 0 Å². The molecule has 2 aliphatic rings. The van der Waals surface area contributed by atoms with Crippen LogP contribution < -0.4 is 4.90 Å². The van der Waals surface area contributed by atoms with Crippen LogP contribution in [-0.4, -0.2) is 56.0 Å². The van der Waals surface area contributed by atoms with E-state index < -0.39 is 27.6 Å². The number of hydrogen-bond acceptors (Lipinski definition) is 5. The third-order valence-electron chi connectivity index (χ3n) is 3.72. The largest absolute Gasteiger partial charge is 0.375 e. The highest BCUT2D eigenvalue weighted by atomic mass is 79.9. The van der Waals surface area contributed by atoms with E-state index in [1.165, 1.54) is 29.8 Å². The molecule has 0 aromatic heterocycles. The van der Waals surface area contributed by atoms with Gasteiger partial charge >= 0.3 is 0 Å². The number of sulfone groups is 1. The maximum atomic E-state index is 14.4. The summed E-state index contributed by atoms with van der Waals surface area (Å²) in [7, 11) is -1.81. The van der Waals surface area contributed by atoms with Crippen molar-refractivity contribution < 1.29 is 22.3 Å². The minimum Gasteiger partial charge on any atom is -0.375 e. The number of aliphatic imine (C=N–C) groups is 1. The van der Waals surface area contributed by atoms with Crippen LogP contribution in [0.4, 0.5) is 10.1 Å². The van der Waals surface area contributed by atoms with Crippen LogP contribution >= 0.6 is 27.7 Å². The van der Waals surface area contributed by atoms with Crippen LogP contribution in [0.5, 0.6) is 0 Å². The van der Waals surface area contributed by atoms with E-state index in [0.717, 1.165) is 0 Å². The third kappa shape index (κ3) is 3.51. The fraction of sp³-hybridized carbons (Fsp3) is 0.429. The third-order valence-corrected chi connectivity index (χ3v) is 7.43. The summed E-state index contributed by atoms with van der Waals surface area (Å²) >= 11 is 4.39. The second-order valence-electron chi connectivity index (χ2n) is 5.49. The Balaban J connectivity index is 2.03. The molecule has 1 aromatic rings. The van der Waals surface area contributed by atoms with Crippen molar-refractivity contribution >= 4 is 54.3 Å². The number of rotatable bonds is 3. The maximum absolute atomic E-state index is 14.4. The lowest BCUT2D eigenvalue weighted by Gasteiger charge is -2.25. The van der Waals surface area contributed by atoms with Gasteiger partial charge in [0, 0.05) is 16.8 Å². The van der Waals surface area contributed by atoms with Crippen LogP contribution in [0.25, 0.3) is 0 Å². The minimum absolute atomic E-state index is 0.00549. The zero-order valence-corrected chi connectivity index (χ0v) is 15.8. The maximum Gasteiger partial charge on any atom is 0.274 e. The molecule has 1 aromatic carbocycles. The predicted molar refractivity (Wildman–Crippen MR) is 94.7 cm³/mol. The molecule has 0 unspecified atom stereocenters. The van der Waals surface area contributed by atoms with Crippen molar-refractivity contribution in [2.24, 2.45) is 4.99 Å². The molecule has 2 aliphatic heterocycles. The van der Waals surface area contributed by atoms with E-state index in [0.29, 0.717) is 9.64 Å². The quantitative estimate of drug-likeness (QED) is 0.719. The Morgan fingerprint density at radius 2 is 2.25 bits per heavy atom. The van der Waals surface area contributed by atoms with Gasteiger partial charge in [0.1, 0.15) is 12.4 Å². The number of amidine groups is 1. The molecule has 1 amide bonds. The topological polar surface area (TPSA) is 76.0 Å². The van der Waals surface area contributed by atoms with Crippen LogP contribution in [0, 0.1) is 5.82 Å². The van der Waals surface area contributed by atoms with Gasteiger partial charge in [0.25, 0.3) is 5.91 Å². The van der Waals surface area contributed by atoms with Gasteiger partial charge in [0.05, 0.1) is 23.2 Å². The normalized spacial score (nSPS) is 26.8. The molecule has 2 atom stereocenters. The first-order chi connectivity index (χ1) is 11.3. The molecule has 24 heavy (non-hydrogen) atoms. The Kier molecular flexibility index (Phi) is 5.01. The van der Waals surface area contributed by atoms with Gasteiger partial charge in [0.15, 0.2) is 15.0 Å². The van der Waals surface area contributed by atoms with Crippen molar-refractivity contribution in [1.82, 2.24) is 0 Å². The molecule has 0 bridgehead atoms. The van der Waals surface area contributed by atoms with E-state index in [1.807, 2.05) is 0 Å². The van der Waals surface area contributed by atoms with E-state index >= 15 is 0 Å². The molecule has 0 spiro atoms. The average Bonchev–Trinajstić information content (AvgIpc) is 2.91. The van der Waals surface area contributed by atoms with E-state index in [4.69, 9.17) is 4.74 Å². The summed E-state index contributed by atoms with van der Waals surface area (Å²) in [5, 5.41) is 0.0373. The molecular formula is C14H14BrFN2O4S2. The van der Waals surface area contributed by atoms with E-state index in [-0.39, 0.29) is 29.0 Å². The summed E-state index contributed by atoms with van der Waals surface area (Å²) in [6, 6.07) is 4.06. The number of hydrogen-bond donors (Lipinski definition) is 0. The van der Waals surface area contributed by atoms with Crippen molar-refractivity contribution in [3.8, 4) is 0 Å². The van der Waals surface area contributed by atoms with Gasteiger partial charge < -0.3 is 9.64 Å². The molecule has 2 fully saturated rings. The number of carbonyl (C=O) groups is 1. The van der Waals surface area contributed by atoms with Crippen molar-refractivity contribution in [1.29, 1.82) is 0 Å². The first-order valence-electron chi connectivity index (χ1n) is 7.02. The molecule has 3 rings (SSSR count). The first-order valence-corrected chi connectivity index (χ1v) is 10.5. The number of thioether (sulfide) groups is 1. The molecule has 130 valence electrons. The summed E-state index contributed by atoms with van der Waals surface area (Å²) in [4.78, 5) is 17.3. The van der Waals surface area contributed by atoms with Crippen molar-refractivity contribution in [2.45, 2.75) is 11.3 Å². The van der Waals surface area contributed by atoms with Gasteiger partial charge in [-0.3, -0.25) is 4.79 Å². The molecule has 0 radical (unpaired) electrons. The van der Waals surface area contributed by atoms with E-state index in [1.54, 1.807) is 12.1 Å². The number of anilines is 1. The molecular weight excluding hydrogens is 423 g/mol. The van der Waals surface area contributed by atoms with Gasteiger partial charge in [0.2, 0.25) is 0 Å². The fourth-order valence-corrected chi connectivity index (χ4v) is 7.04. The van der Waals surface area contributed by atoms with Gasteiger partial charge in [-0.25, -0.2) is 12.8 Å². The highest BCUT2D eigenvalue weighted by molar-refractivity contribution is 9.10. The van der Waals surface area contributed by atoms with Crippen LogP contribution in [0.2, 0.25) is 0 Å². The lowest BCUT2D eigenvalue weighted by molar-refractivity contribution is -0.121. The molecule has 0 saturated carbocycles. The average molecular weight is 437 g/mol. The first kappa shape index (κ1) is 17.8. The minimum atomic E-state index is -3.19. The van der Waals surface area contributed by atoms with Gasteiger partial charge in [-0.1, -0.05) is 27.7 Å². The second-order valence-corrected chi connectivity index (χ2v) is 9.76. The van der Waals surface area contributed by atoms with Crippen molar-refractivity contribution in [3.63, 3.8) is 0 Å². The number of fused-ring (bicyclic) bond motifs is 1. The zero-order chi connectivity index (χ0) is 17.5. The smallest absolute Gasteiger partial charge is 0.274 e. The Morgan fingerprint density at radius 1 is 1.50 bits per heavy atom. The number of benzene rings is 1. The van der Waals surface area contributed by atoms with E-state index in [9.17, 15) is 17.6 Å². The Labute approximate surface area is 151 Å². The van der Waals surface area contributed by atoms with Crippen molar-refractivity contribution in [3.05, 3.63) is 28.5 Å². The molecule has 2 heterocycles. The van der Waals surface area contributed by atoms with Gasteiger partial charge in [-0.15, -0.1) is 0 Å². The Morgan fingerprint density at radius 3 is 2.92 bits per heavy atom. The number of nitrogens with zero attached hydrogens (tertiary/aromatic N) is 2. The van der Waals surface area contributed by atoms with Crippen LogP contribution in [0.15, 0.2) is 27.7 Å². The number of carbonyl (C=O) groups excluding carboxylic acids is 1. The summed E-state index contributed by atoms with van der Waals surface area (Å²) in [5.41, 5.74) is 0.208. The Hall–Kier alpha value is -0.970. The molecule has 6 nitrogen and oxygen atoms in total. The van der Waals surface area contributed by atoms with Gasteiger partial charge in [-0.05, 0) is 18.2 Å². The number of ether oxygens (including phenoxy) is 1.